The summed E-state index contributed by atoms with van der Waals surface area (Å²) < 4.78 is 0. The third kappa shape index (κ3) is 5.61. The normalized spacial score (nSPS) is 16.7. The molecule has 3 rings (SSSR count). The van der Waals surface area contributed by atoms with Crippen LogP contribution >= 0.6 is 23.2 Å². The maximum atomic E-state index is 12.6. The molecule has 144 valence electrons. The van der Waals surface area contributed by atoms with Crippen LogP contribution in [0.1, 0.15) is 12.8 Å². The number of nitrogens with zero attached hydrogens (tertiary/aromatic N) is 3. The fraction of sp³-hybridized carbons (Fsp3) is 0.389. The molecule has 9 heteroatoms. The zero-order chi connectivity index (χ0) is 19.2. The number of piperidine rings is 1. The fourth-order valence-corrected chi connectivity index (χ4v) is 3.57. The third-order valence-electron chi connectivity index (χ3n) is 4.36. The molecule has 0 saturated carbocycles. The highest BCUT2D eigenvalue weighted by molar-refractivity contribution is 6.35. The minimum absolute atomic E-state index is 0.0381. The number of likely N-dealkylation sites (tertiary alicyclic amines) is 1. The number of carbonyl (C=O) groups excluding carboxylic acids is 1. The highest BCUT2D eigenvalue weighted by Crippen LogP contribution is 2.22. The summed E-state index contributed by atoms with van der Waals surface area (Å²) >= 11 is 12.0. The molecular weight excluding hydrogens is 387 g/mol. The van der Waals surface area contributed by atoms with E-state index in [1.807, 2.05) is 18.0 Å². The van der Waals surface area contributed by atoms with Crippen LogP contribution < -0.4 is 16.0 Å². The number of carbonyl (C=O) groups is 1. The van der Waals surface area contributed by atoms with E-state index in [1.165, 1.54) is 6.33 Å². The lowest BCUT2D eigenvalue weighted by Crippen LogP contribution is -2.47. The molecule has 2 aromatic rings. The standard InChI is InChI=1S/C18H22Cl2N6O/c1-21-16-8-17(24-11-23-16)25-14-3-2-4-26(10-14)18(27)9-22-15-6-12(19)5-13(20)7-15/h5-8,11,14,22H,2-4,9-10H2,1H3,(H2,21,23,24,25). The van der Waals surface area contributed by atoms with Gasteiger partial charge in [0.05, 0.1) is 6.54 Å². The first-order valence-electron chi connectivity index (χ1n) is 8.77. The van der Waals surface area contributed by atoms with Gasteiger partial charge in [-0.15, -0.1) is 0 Å². The average molecular weight is 409 g/mol. The van der Waals surface area contributed by atoms with Crippen molar-refractivity contribution in [2.24, 2.45) is 0 Å². The Labute approximate surface area is 168 Å². The third-order valence-corrected chi connectivity index (χ3v) is 4.79. The van der Waals surface area contributed by atoms with E-state index >= 15 is 0 Å². The summed E-state index contributed by atoms with van der Waals surface area (Å²) in [7, 11) is 1.81. The van der Waals surface area contributed by atoms with Crippen molar-refractivity contribution in [1.29, 1.82) is 0 Å². The minimum atomic E-state index is 0.0381. The van der Waals surface area contributed by atoms with Gasteiger partial charge in [-0.1, -0.05) is 23.2 Å². The predicted molar refractivity (Wildman–Crippen MR) is 110 cm³/mol. The lowest BCUT2D eigenvalue weighted by Gasteiger charge is -2.33. The second-order valence-corrected chi connectivity index (χ2v) is 7.25. The first kappa shape index (κ1) is 19.5. The van der Waals surface area contributed by atoms with Crippen molar-refractivity contribution in [2.75, 3.05) is 42.6 Å². The summed E-state index contributed by atoms with van der Waals surface area (Å²) in [6, 6.07) is 7.16. The second-order valence-electron chi connectivity index (χ2n) is 6.37. The predicted octanol–water partition coefficient (Wildman–Crippen LogP) is 3.34. The first-order chi connectivity index (χ1) is 13.0. The molecule has 7 nitrogen and oxygen atoms in total. The van der Waals surface area contributed by atoms with Crippen molar-refractivity contribution in [3.63, 3.8) is 0 Å². The molecule has 0 bridgehead atoms. The number of rotatable bonds is 6. The maximum absolute atomic E-state index is 12.6. The largest absolute Gasteiger partial charge is 0.376 e. The number of nitrogens with one attached hydrogen (secondary N) is 3. The Morgan fingerprint density at radius 1 is 1.19 bits per heavy atom. The quantitative estimate of drug-likeness (QED) is 0.679. The number of halogens is 2. The molecule has 1 saturated heterocycles. The van der Waals surface area contributed by atoms with E-state index in [9.17, 15) is 4.79 Å². The average Bonchev–Trinajstić information content (AvgIpc) is 2.66. The highest BCUT2D eigenvalue weighted by Gasteiger charge is 2.23. The van der Waals surface area contributed by atoms with Gasteiger partial charge in [0, 0.05) is 48.0 Å². The molecule has 0 spiro atoms. The van der Waals surface area contributed by atoms with Crippen LogP contribution in [0.5, 0.6) is 0 Å². The number of benzene rings is 1. The number of aromatic nitrogens is 2. The van der Waals surface area contributed by atoms with Gasteiger partial charge in [-0.25, -0.2) is 9.97 Å². The molecule has 1 aliphatic rings. The molecule has 0 radical (unpaired) electrons. The lowest BCUT2D eigenvalue weighted by molar-refractivity contribution is -0.130. The van der Waals surface area contributed by atoms with Crippen molar-refractivity contribution in [2.45, 2.75) is 18.9 Å². The summed E-state index contributed by atoms with van der Waals surface area (Å²) in [4.78, 5) is 22.8. The lowest BCUT2D eigenvalue weighted by atomic mass is 10.1. The summed E-state index contributed by atoms with van der Waals surface area (Å²) in [6.07, 6.45) is 3.44. The molecule has 1 fully saturated rings. The smallest absolute Gasteiger partial charge is 0.241 e. The number of amides is 1. The summed E-state index contributed by atoms with van der Waals surface area (Å²) in [6.45, 7) is 1.58. The Hall–Kier alpha value is -2.25. The topological polar surface area (TPSA) is 82.2 Å². The van der Waals surface area contributed by atoms with E-state index in [-0.39, 0.29) is 18.5 Å². The van der Waals surface area contributed by atoms with Crippen molar-refractivity contribution in [3.05, 3.63) is 40.6 Å². The van der Waals surface area contributed by atoms with Crippen LogP contribution in [0.15, 0.2) is 30.6 Å². The van der Waals surface area contributed by atoms with E-state index in [0.29, 0.717) is 16.6 Å². The van der Waals surface area contributed by atoms with E-state index in [4.69, 9.17) is 23.2 Å². The van der Waals surface area contributed by atoms with Gasteiger partial charge in [0.2, 0.25) is 5.91 Å². The van der Waals surface area contributed by atoms with Crippen molar-refractivity contribution < 1.29 is 4.79 Å². The van der Waals surface area contributed by atoms with Crippen molar-refractivity contribution >= 4 is 46.4 Å². The maximum Gasteiger partial charge on any atom is 0.241 e. The Kier molecular flexibility index (Phi) is 6.58. The SMILES string of the molecule is CNc1cc(NC2CCCN(C(=O)CNc3cc(Cl)cc(Cl)c3)C2)ncn1. The monoisotopic (exact) mass is 408 g/mol. The van der Waals surface area contributed by atoms with Crippen LogP contribution in [0, 0.1) is 0 Å². The molecule has 1 unspecified atom stereocenters. The molecule has 3 N–H and O–H groups in total. The first-order valence-corrected chi connectivity index (χ1v) is 9.53. The number of anilines is 3. The Balaban J connectivity index is 1.54. The zero-order valence-electron chi connectivity index (χ0n) is 15.0. The molecule has 1 aliphatic heterocycles. The molecule has 27 heavy (non-hydrogen) atoms. The van der Waals surface area contributed by atoms with Crippen LogP contribution in [-0.4, -0.2) is 53.5 Å². The number of hydrogen-bond acceptors (Lipinski definition) is 6. The Morgan fingerprint density at radius 2 is 1.93 bits per heavy atom. The van der Waals surface area contributed by atoms with Crippen molar-refractivity contribution in [1.82, 2.24) is 14.9 Å². The molecule has 0 aliphatic carbocycles. The highest BCUT2D eigenvalue weighted by atomic mass is 35.5. The van der Waals surface area contributed by atoms with Crippen LogP contribution in [0.2, 0.25) is 10.0 Å². The van der Waals surface area contributed by atoms with E-state index < -0.39 is 0 Å². The molecule has 2 heterocycles. The van der Waals surface area contributed by atoms with E-state index in [0.717, 1.165) is 36.7 Å². The van der Waals surface area contributed by atoms with Gasteiger partial charge in [0.15, 0.2) is 0 Å². The van der Waals surface area contributed by atoms with E-state index in [2.05, 4.69) is 25.9 Å². The van der Waals surface area contributed by atoms with Crippen LogP contribution in [0.4, 0.5) is 17.3 Å². The summed E-state index contributed by atoms with van der Waals surface area (Å²) in [5.74, 6) is 1.54. The van der Waals surface area contributed by atoms with Crippen LogP contribution in [-0.2, 0) is 4.79 Å². The second kappa shape index (κ2) is 9.10. The Morgan fingerprint density at radius 3 is 2.67 bits per heavy atom. The fourth-order valence-electron chi connectivity index (χ4n) is 3.05. The van der Waals surface area contributed by atoms with Crippen molar-refractivity contribution in [3.8, 4) is 0 Å². The zero-order valence-corrected chi connectivity index (χ0v) is 16.5. The van der Waals surface area contributed by atoms with Gasteiger partial charge in [-0.05, 0) is 31.0 Å². The van der Waals surface area contributed by atoms with Gasteiger partial charge in [-0.2, -0.15) is 0 Å². The molecule has 1 aromatic heterocycles. The van der Waals surface area contributed by atoms with Gasteiger partial charge in [-0.3, -0.25) is 4.79 Å². The van der Waals surface area contributed by atoms with Gasteiger partial charge >= 0.3 is 0 Å². The molecule has 1 atom stereocenters. The van der Waals surface area contributed by atoms with Gasteiger partial charge in [0.25, 0.3) is 0 Å². The van der Waals surface area contributed by atoms with Crippen LogP contribution in [0.3, 0.4) is 0 Å². The minimum Gasteiger partial charge on any atom is -0.376 e. The number of hydrogen-bond donors (Lipinski definition) is 3. The van der Waals surface area contributed by atoms with Crippen LogP contribution in [0.25, 0.3) is 0 Å². The molecular formula is C18H22Cl2N6O. The summed E-state index contributed by atoms with van der Waals surface area (Å²) in [5.41, 5.74) is 0.730. The van der Waals surface area contributed by atoms with E-state index in [1.54, 1.807) is 18.2 Å². The van der Waals surface area contributed by atoms with Gasteiger partial charge < -0.3 is 20.9 Å². The Bertz CT molecular complexity index is 783. The molecule has 1 aromatic carbocycles. The molecule has 1 amide bonds. The summed E-state index contributed by atoms with van der Waals surface area (Å²) in [5, 5.41) is 10.5. The van der Waals surface area contributed by atoms with Gasteiger partial charge in [0.1, 0.15) is 18.0 Å².